The molecule has 0 heterocycles. The van der Waals surface area contributed by atoms with Crippen molar-refractivity contribution in [3.63, 3.8) is 0 Å². The zero-order chi connectivity index (χ0) is 19.9. The quantitative estimate of drug-likeness (QED) is 0.352. The predicted molar refractivity (Wildman–Crippen MR) is 113 cm³/mol. The van der Waals surface area contributed by atoms with E-state index < -0.39 is 0 Å². The molecule has 0 radical (unpaired) electrons. The molecule has 0 saturated heterocycles. The minimum absolute atomic E-state index is 0.217. The van der Waals surface area contributed by atoms with Crippen molar-refractivity contribution in [2.75, 3.05) is 0 Å². The highest BCUT2D eigenvalue weighted by atomic mass is 16.5. The van der Waals surface area contributed by atoms with Gasteiger partial charge in [0.25, 0.3) is 0 Å². The second-order valence-electron chi connectivity index (χ2n) is 7.02. The van der Waals surface area contributed by atoms with E-state index in [1.165, 1.54) is 0 Å². The molecule has 3 aromatic rings. The Kier molecular flexibility index (Phi) is 6.49. The fourth-order valence-corrected chi connectivity index (χ4v) is 2.99. The summed E-state index contributed by atoms with van der Waals surface area (Å²) in [7, 11) is 0. The van der Waals surface area contributed by atoms with Gasteiger partial charge < -0.3 is 9.47 Å². The second kappa shape index (κ2) is 9.23. The molecular weight excluding hydrogens is 348 g/mol. The third-order valence-corrected chi connectivity index (χ3v) is 4.57. The lowest BCUT2D eigenvalue weighted by Gasteiger charge is -2.14. The summed E-state index contributed by atoms with van der Waals surface area (Å²) < 4.78 is 11.3. The molecule has 0 aliphatic rings. The van der Waals surface area contributed by atoms with Crippen LogP contribution in [-0.4, -0.2) is 12.1 Å². The number of esters is 1. The standard InChI is InChI=1S/C25H26O3/c1-4-5-19(3)27-23-16-12-21(13-17-23)20-8-10-22(11-9-20)25(26)28-24-14-6-18(2)7-15-24/h6-17,19H,4-5H2,1-3H3/t19-/m0/s1. The van der Waals surface area contributed by atoms with Crippen LogP contribution in [0.15, 0.2) is 72.8 Å². The third kappa shape index (κ3) is 5.23. The number of benzene rings is 3. The van der Waals surface area contributed by atoms with E-state index in [9.17, 15) is 4.79 Å². The molecule has 0 amide bonds. The van der Waals surface area contributed by atoms with E-state index in [4.69, 9.17) is 9.47 Å². The lowest BCUT2D eigenvalue weighted by molar-refractivity contribution is 0.0734. The topological polar surface area (TPSA) is 35.5 Å². The van der Waals surface area contributed by atoms with Crippen LogP contribution in [0.3, 0.4) is 0 Å². The Morgan fingerprint density at radius 2 is 1.36 bits per heavy atom. The van der Waals surface area contributed by atoms with Crippen LogP contribution < -0.4 is 9.47 Å². The summed E-state index contributed by atoms with van der Waals surface area (Å²) >= 11 is 0. The number of rotatable bonds is 7. The van der Waals surface area contributed by atoms with Crippen molar-refractivity contribution in [3.8, 4) is 22.6 Å². The molecule has 3 aromatic carbocycles. The molecule has 3 rings (SSSR count). The Balaban J connectivity index is 1.65. The zero-order valence-corrected chi connectivity index (χ0v) is 16.6. The molecule has 0 aromatic heterocycles. The Morgan fingerprint density at radius 3 is 1.93 bits per heavy atom. The minimum atomic E-state index is -0.357. The van der Waals surface area contributed by atoms with Crippen LogP contribution in [0.5, 0.6) is 11.5 Å². The van der Waals surface area contributed by atoms with Crippen molar-refractivity contribution in [2.45, 2.75) is 39.7 Å². The number of hydrogen-bond acceptors (Lipinski definition) is 3. The molecule has 0 unspecified atom stereocenters. The normalized spacial score (nSPS) is 11.7. The van der Waals surface area contributed by atoms with Gasteiger partial charge in [0.05, 0.1) is 11.7 Å². The maximum atomic E-state index is 12.3. The van der Waals surface area contributed by atoms with Gasteiger partial charge in [-0.3, -0.25) is 0 Å². The van der Waals surface area contributed by atoms with Crippen molar-refractivity contribution in [1.29, 1.82) is 0 Å². The highest BCUT2D eigenvalue weighted by Crippen LogP contribution is 2.24. The van der Waals surface area contributed by atoms with Gasteiger partial charge in [-0.25, -0.2) is 4.79 Å². The smallest absolute Gasteiger partial charge is 0.343 e. The molecule has 0 spiro atoms. The van der Waals surface area contributed by atoms with E-state index >= 15 is 0 Å². The van der Waals surface area contributed by atoms with Gasteiger partial charge in [0.15, 0.2) is 0 Å². The van der Waals surface area contributed by atoms with Gasteiger partial charge >= 0.3 is 5.97 Å². The van der Waals surface area contributed by atoms with Crippen LogP contribution in [0.2, 0.25) is 0 Å². The van der Waals surface area contributed by atoms with Crippen molar-refractivity contribution in [1.82, 2.24) is 0 Å². The first kappa shape index (κ1) is 19.7. The highest BCUT2D eigenvalue weighted by molar-refractivity contribution is 5.91. The molecule has 3 nitrogen and oxygen atoms in total. The van der Waals surface area contributed by atoms with Crippen molar-refractivity contribution < 1.29 is 14.3 Å². The van der Waals surface area contributed by atoms with E-state index in [1.54, 1.807) is 24.3 Å². The fraction of sp³-hybridized carbons (Fsp3) is 0.240. The number of hydrogen-bond donors (Lipinski definition) is 0. The molecule has 0 saturated carbocycles. The number of carbonyl (C=O) groups is 1. The van der Waals surface area contributed by atoms with Crippen LogP contribution >= 0.6 is 0 Å². The van der Waals surface area contributed by atoms with Gasteiger partial charge in [0.1, 0.15) is 11.5 Å². The van der Waals surface area contributed by atoms with Crippen molar-refractivity contribution in [2.24, 2.45) is 0 Å². The maximum Gasteiger partial charge on any atom is 0.343 e. The first-order valence-electron chi connectivity index (χ1n) is 9.71. The molecular formula is C25H26O3. The van der Waals surface area contributed by atoms with Crippen LogP contribution in [0.25, 0.3) is 11.1 Å². The summed E-state index contributed by atoms with van der Waals surface area (Å²) in [6.07, 6.45) is 2.37. The van der Waals surface area contributed by atoms with Gasteiger partial charge in [0, 0.05) is 0 Å². The second-order valence-corrected chi connectivity index (χ2v) is 7.02. The molecule has 0 bridgehead atoms. The minimum Gasteiger partial charge on any atom is -0.491 e. The molecule has 1 atom stereocenters. The van der Waals surface area contributed by atoms with E-state index in [-0.39, 0.29) is 12.1 Å². The van der Waals surface area contributed by atoms with Crippen molar-refractivity contribution in [3.05, 3.63) is 83.9 Å². The van der Waals surface area contributed by atoms with Crippen LogP contribution in [-0.2, 0) is 0 Å². The number of ether oxygens (including phenoxy) is 2. The Morgan fingerprint density at radius 1 is 0.821 bits per heavy atom. The SMILES string of the molecule is CCC[C@H](C)Oc1ccc(-c2ccc(C(=O)Oc3ccc(C)cc3)cc2)cc1. The van der Waals surface area contributed by atoms with E-state index in [1.807, 2.05) is 55.5 Å². The zero-order valence-electron chi connectivity index (χ0n) is 16.6. The summed E-state index contributed by atoms with van der Waals surface area (Å²) in [5.74, 6) is 1.07. The first-order chi connectivity index (χ1) is 13.5. The Bertz CT molecular complexity index is 894. The third-order valence-electron chi connectivity index (χ3n) is 4.57. The molecule has 28 heavy (non-hydrogen) atoms. The van der Waals surface area contributed by atoms with Crippen LogP contribution in [0.1, 0.15) is 42.6 Å². The Hall–Kier alpha value is -3.07. The molecule has 144 valence electrons. The van der Waals surface area contributed by atoms with Gasteiger partial charge in [-0.05, 0) is 67.8 Å². The van der Waals surface area contributed by atoms with E-state index in [0.29, 0.717) is 11.3 Å². The predicted octanol–water partition coefficient (Wildman–Crippen LogP) is 6.45. The summed E-state index contributed by atoms with van der Waals surface area (Å²) in [6.45, 7) is 6.24. The van der Waals surface area contributed by atoms with Gasteiger partial charge in [0.2, 0.25) is 0 Å². The lowest BCUT2D eigenvalue weighted by Crippen LogP contribution is -2.10. The summed E-state index contributed by atoms with van der Waals surface area (Å²) in [5.41, 5.74) is 3.77. The van der Waals surface area contributed by atoms with E-state index in [2.05, 4.69) is 13.8 Å². The van der Waals surface area contributed by atoms with Gasteiger partial charge in [-0.2, -0.15) is 0 Å². The summed E-state index contributed by atoms with van der Waals surface area (Å²) in [4.78, 5) is 12.3. The molecule has 3 heteroatoms. The molecule has 0 aliphatic carbocycles. The monoisotopic (exact) mass is 374 g/mol. The van der Waals surface area contributed by atoms with Gasteiger partial charge in [-0.1, -0.05) is 55.3 Å². The summed E-state index contributed by atoms with van der Waals surface area (Å²) in [6, 6.07) is 22.9. The molecule has 0 aliphatic heterocycles. The molecule has 0 fully saturated rings. The van der Waals surface area contributed by atoms with Crippen molar-refractivity contribution >= 4 is 5.97 Å². The lowest BCUT2D eigenvalue weighted by atomic mass is 10.0. The van der Waals surface area contributed by atoms with E-state index in [0.717, 1.165) is 35.3 Å². The number of aryl methyl sites for hydroxylation is 1. The molecule has 0 N–H and O–H groups in total. The fourth-order valence-electron chi connectivity index (χ4n) is 2.99. The highest BCUT2D eigenvalue weighted by Gasteiger charge is 2.09. The summed E-state index contributed by atoms with van der Waals surface area (Å²) in [5, 5.41) is 0. The largest absolute Gasteiger partial charge is 0.491 e. The maximum absolute atomic E-state index is 12.3. The first-order valence-corrected chi connectivity index (χ1v) is 9.71. The number of carbonyl (C=O) groups excluding carboxylic acids is 1. The average molecular weight is 374 g/mol. The van der Waals surface area contributed by atoms with Crippen LogP contribution in [0.4, 0.5) is 0 Å². The van der Waals surface area contributed by atoms with Crippen LogP contribution in [0, 0.1) is 6.92 Å². The average Bonchev–Trinajstić information content (AvgIpc) is 2.70. The Labute approximate surface area is 166 Å². The van der Waals surface area contributed by atoms with Gasteiger partial charge in [-0.15, -0.1) is 0 Å².